The molecule has 0 radical (unpaired) electrons. The van der Waals surface area contributed by atoms with E-state index < -0.39 is 144 Å². The van der Waals surface area contributed by atoms with Gasteiger partial charge in [-0.3, -0.25) is 23.4 Å². The lowest BCUT2D eigenvalue weighted by Gasteiger charge is -2.49. The van der Waals surface area contributed by atoms with Gasteiger partial charge in [0.05, 0.1) is 33.0 Å². The highest BCUT2D eigenvalue weighted by molar-refractivity contribution is 7.47. The number of phosphoric ester groups is 1. The molecule has 3 aliphatic rings. The zero-order chi connectivity index (χ0) is 49.3. The van der Waals surface area contributed by atoms with Gasteiger partial charge in [0.25, 0.3) is 0 Å². The van der Waals surface area contributed by atoms with E-state index in [2.05, 4.69) is 53.6 Å². The Labute approximate surface area is 380 Å². The average Bonchev–Trinajstić information content (AvgIpc) is 3.24. The molecular formula is C39H65N6O20P. The maximum absolute atomic E-state index is 13.2. The molecule has 16 atom stereocenters. The van der Waals surface area contributed by atoms with Crippen LogP contribution in [0.3, 0.4) is 0 Å². The minimum absolute atomic E-state index is 0.155. The zero-order valence-corrected chi connectivity index (χ0v) is 38.2. The van der Waals surface area contributed by atoms with Gasteiger partial charge in [-0.15, -0.1) is 0 Å². The first-order valence-corrected chi connectivity index (χ1v) is 22.6. The molecule has 0 aliphatic carbocycles. The molecule has 3 aliphatic heterocycles. The molecule has 66 heavy (non-hydrogen) atoms. The van der Waals surface area contributed by atoms with Gasteiger partial charge in [0.2, 0.25) is 17.7 Å². The molecule has 3 saturated heterocycles. The number of phosphoric acid groups is 1. The standard InChI is InChI=1S/C39H65N6O20P/c1-19(2)8-6-9-20(3)10-7-11-21(4)12-13-58-14-15-59-66(56,57)65-39-35(32(54)31(53)34(63-39)36(40)55)64-38-27(43-22(5)48)30(52)33(24(18-47)61-38)62-37-26(44-25(49)16-42-45-41)29(51)28(50)23(17-46)60-37/h8,10,12,23-24,26-35,37-39,46-47,50-54H,6-7,9,11,13-18H2,1-5H3,(H2,40,55)(H,43,48)(H,44,49)(H,56,57)/t23?,24?,26?,27?,28-,29+,30+,31+,32-,33+,34?,35?,37-,38-,39+/m0/s1. The molecule has 12 N–H and O–H groups in total. The highest BCUT2D eigenvalue weighted by atomic mass is 31.2. The maximum atomic E-state index is 13.2. The molecule has 3 rings (SSSR count). The number of hydrogen-bond donors (Lipinski definition) is 11. The number of amides is 3. The number of allylic oxidation sites excluding steroid dienone is 5. The Bertz CT molecular complexity index is 1780. The summed E-state index contributed by atoms with van der Waals surface area (Å²) in [6.07, 6.45) is -15.5. The number of ether oxygens (including phenoxy) is 6. The van der Waals surface area contributed by atoms with E-state index in [4.69, 9.17) is 48.7 Å². The van der Waals surface area contributed by atoms with Gasteiger partial charge in [-0.1, -0.05) is 40.1 Å². The van der Waals surface area contributed by atoms with Gasteiger partial charge < -0.3 is 85.4 Å². The van der Waals surface area contributed by atoms with Gasteiger partial charge in [0.15, 0.2) is 25.0 Å². The topological polar surface area (TPSA) is 403 Å². The molecular weight excluding hydrogens is 903 g/mol. The summed E-state index contributed by atoms with van der Waals surface area (Å²) in [4.78, 5) is 50.2. The fraction of sp³-hybridized carbons (Fsp3) is 0.769. The van der Waals surface area contributed by atoms with Crippen molar-refractivity contribution in [2.75, 3.05) is 39.6 Å². The number of rotatable bonds is 25. The van der Waals surface area contributed by atoms with E-state index in [1.165, 1.54) is 11.1 Å². The van der Waals surface area contributed by atoms with Crippen LogP contribution < -0.4 is 16.4 Å². The summed E-state index contributed by atoms with van der Waals surface area (Å²) in [7, 11) is -5.20. The Kier molecular flexibility index (Phi) is 23.7. The van der Waals surface area contributed by atoms with Crippen molar-refractivity contribution in [3.05, 3.63) is 45.4 Å². The Balaban J connectivity index is 1.75. The molecule has 3 amide bonds. The first kappa shape index (κ1) is 56.9. The molecule has 0 aromatic heterocycles. The van der Waals surface area contributed by atoms with E-state index in [9.17, 15) is 59.6 Å². The Morgan fingerprint density at radius 3 is 1.94 bits per heavy atom. The van der Waals surface area contributed by atoms with Crippen molar-refractivity contribution in [2.24, 2.45) is 10.8 Å². The Morgan fingerprint density at radius 2 is 1.35 bits per heavy atom. The van der Waals surface area contributed by atoms with Crippen molar-refractivity contribution in [3.8, 4) is 0 Å². The van der Waals surface area contributed by atoms with Crippen LogP contribution in [0.15, 0.2) is 40.1 Å². The second-order valence-corrected chi connectivity index (χ2v) is 17.5. The van der Waals surface area contributed by atoms with Gasteiger partial charge >= 0.3 is 7.82 Å². The van der Waals surface area contributed by atoms with Gasteiger partial charge in [-0.2, -0.15) is 0 Å². The van der Waals surface area contributed by atoms with E-state index in [1.54, 1.807) is 0 Å². The van der Waals surface area contributed by atoms with Gasteiger partial charge in [-0.05, 0) is 58.9 Å². The number of hydrogen-bond acceptors (Lipinski definition) is 20. The van der Waals surface area contributed by atoms with Crippen molar-refractivity contribution in [1.29, 1.82) is 0 Å². The molecule has 3 fully saturated rings. The van der Waals surface area contributed by atoms with Crippen molar-refractivity contribution in [2.45, 2.75) is 152 Å². The minimum atomic E-state index is -5.20. The van der Waals surface area contributed by atoms with E-state index in [0.717, 1.165) is 38.2 Å². The van der Waals surface area contributed by atoms with Gasteiger partial charge in [0, 0.05) is 11.8 Å². The molecule has 7 unspecified atom stereocenters. The summed E-state index contributed by atoms with van der Waals surface area (Å²) < 4.78 is 57.4. The smallest absolute Gasteiger partial charge is 0.394 e. The summed E-state index contributed by atoms with van der Waals surface area (Å²) in [5.74, 6) is -3.13. The van der Waals surface area contributed by atoms with Crippen LogP contribution in [-0.2, 0) is 56.4 Å². The maximum Gasteiger partial charge on any atom is 0.474 e. The van der Waals surface area contributed by atoms with Crippen molar-refractivity contribution < 1.29 is 97.1 Å². The zero-order valence-electron chi connectivity index (χ0n) is 37.3. The van der Waals surface area contributed by atoms with Crippen LogP contribution in [0.25, 0.3) is 10.4 Å². The third kappa shape index (κ3) is 17.2. The summed E-state index contributed by atoms with van der Waals surface area (Å²) in [5.41, 5.74) is 17.6. The van der Waals surface area contributed by atoms with Crippen LogP contribution in [0.5, 0.6) is 0 Å². The number of primary amides is 1. The monoisotopic (exact) mass is 968 g/mol. The molecule has 3 heterocycles. The fourth-order valence-electron chi connectivity index (χ4n) is 7.03. The lowest BCUT2D eigenvalue weighted by molar-refractivity contribution is -0.358. The van der Waals surface area contributed by atoms with E-state index in [1.807, 2.05) is 13.0 Å². The van der Waals surface area contributed by atoms with Crippen LogP contribution in [0, 0.1) is 0 Å². The first-order valence-electron chi connectivity index (χ1n) is 21.1. The van der Waals surface area contributed by atoms with Gasteiger partial charge in [-0.25, -0.2) is 4.57 Å². The number of aliphatic hydroxyl groups excluding tert-OH is 7. The SMILES string of the molecule is CC(=O)NC1[C@H](OC2[C@@H](OP(=O)(O)OCCOCC=C(C)CCC=C(C)CCC=C(C)C)OC(C(N)=O)[C@H](O)[C@@H]2O)OC(CO)[C@@H](O[C@@H]2OC(CO)[C@H](O)[C@H](O)C2NC(=O)CN=[N+]=[N-])[C@@H]1O. The van der Waals surface area contributed by atoms with Crippen LogP contribution in [0.2, 0.25) is 0 Å². The Morgan fingerprint density at radius 1 is 0.758 bits per heavy atom. The lowest BCUT2D eigenvalue weighted by atomic mass is 9.94. The molecule has 0 spiro atoms. The highest BCUT2D eigenvalue weighted by Crippen LogP contribution is 2.47. The predicted octanol–water partition coefficient (Wildman–Crippen LogP) is -1.92. The normalized spacial score (nSPS) is 33.8. The number of nitrogens with two attached hydrogens (primary N) is 1. The van der Waals surface area contributed by atoms with Crippen molar-refractivity contribution in [3.63, 3.8) is 0 Å². The summed E-state index contributed by atoms with van der Waals surface area (Å²) in [6.45, 7) is 5.98. The number of aliphatic hydroxyl groups is 7. The molecule has 26 nitrogen and oxygen atoms in total. The predicted molar refractivity (Wildman–Crippen MR) is 226 cm³/mol. The first-order chi connectivity index (χ1) is 31.1. The van der Waals surface area contributed by atoms with Crippen LogP contribution >= 0.6 is 7.82 Å². The summed E-state index contributed by atoms with van der Waals surface area (Å²) in [5, 5.41) is 82.9. The number of carbonyl (C=O) groups excluding carboxylic acids is 3. The highest BCUT2D eigenvalue weighted by Gasteiger charge is 2.56. The Hall–Kier alpha value is -3.47. The van der Waals surface area contributed by atoms with E-state index >= 15 is 0 Å². The van der Waals surface area contributed by atoms with Crippen molar-refractivity contribution in [1.82, 2.24) is 10.6 Å². The van der Waals surface area contributed by atoms with E-state index in [-0.39, 0.29) is 13.2 Å². The third-order valence-electron chi connectivity index (χ3n) is 10.5. The van der Waals surface area contributed by atoms with E-state index in [0.29, 0.717) is 0 Å². The summed E-state index contributed by atoms with van der Waals surface area (Å²) in [6, 6.07) is -3.43. The number of nitrogens with zero attached hydrogens (tertiary/aromatic N) is 3. The number of nitrogens with one attached hydrogen (secondary N) is 2. The molecule has 0 saturated carbocycles. The quantitative estimate of drug-likeness (QED) is 0.0119. The molecule has 0 aromatic carbocycles. The molecule has 0 aromatic rings. The van der Waals surface area contributed by atoms with Gasteiger partial charge in [0.1, 0.15) is 73.6 Å². The summed E-state index contributed by atoms with van der Waals surface area (Å²) >= 11 is 0. The molecule has 0 bridgehead atoms. The molecule has 27 heteroatoms. The fourth-order valence-corrected chi connectivity index (χ4v) is 7.83. The third-order valence-corrected chi connectivity index (χ3v) is 11.5. The van der Waals surface area contributed by atoms with Crippen LogP contribution in [-0.4, -0.2) is 190 Å². The van der Waals surface area contributed by atoms with Crippen LogP contribution in [0.1, 0.15) is 60.3 Å². The van der Waals surface area contributed by atoms with Crippen molar-refractivity contribution >= 4 is 25.5 Å². The second kappa shape index (κ2) is 27.5. The van der Waals surface area contributed by atoms with Crippen LogP contribution in [0.4, 0.5) is 0 Å². The number of carbonyl (C=O) groups is 3. The molecule has 376 valence electrons. The largest absolute Gasteiger partial charge is 0.474 e. The average molecular weight is 969 g/mol. The number of azide groups is 1. The lowest BCUT2D eigenvalue weighted by Crippen LogP contribution is -2.70. The minimum Gasteiger partial charge on any atom is -0.394 e. The second-order valence-electron chi connectivity index (χ2n) is 16.1.